The zero-order valence-corrected chi connectivity index (χ0v) is 16.5. The van der Waals surface area contributed by atoms with Crippen LogP contribution in [0.15, 0.2) is 72.8 Å². The molecule has 0 heterocycles. The van der Waals surface area contributed by atoms with E-state index in [0.717, 1.165) is 5.56 Å². The van der Waals surface area contributed by atoms with Gasteiger partial charge in [0, 0.05) is 36.3 Å². The molecule has 148 valence electrons. The Kier molecular flexibility index (Phi) is 6.46. The van der Waals surface area contributed by atoms with Gasteiger partial charge in [-0.15, -0.1) is 0 Å². The third kappa shape index (κ3) is 5.33. The normalized spacial score (nSPS) is 10.4. The Morgan fingerprint density at radius 2 is 1.76 bits per heavy atom. The van der Waals surface area contributed by atoms with E-state index in [4.69, 9.17) is 16.3 Å². The van der Waals surface area contributed by atoms with Crippen molar-refractivity contribution < 1.29 is 14.5 Å². The molecule has 3 aromatic rings. The third-order valence-electron chi connectivity index (χ3n) is 4.34. The number of nitrogens with zero attached hydrogens (tertiary/aromatic N) is 2. The largest absolute Gasteiger partial charge is 0.489 e. The molecule has 29 heavy (non-hydrogen) atoms. The fourth-order valence-electron chi connectivity index (χ4n) is 2.78. The number of non-ortho nitro benzene ring substituents is 1. The molecule has 0 saturated heterocycles. The number of nitro groups is 1. The Bertz CT molecular complexity index is 1010. The van der Waals surface area contributed by atoms with Crippen molar-refractivity contribution in [1.29, 1.82) is 0 Å². The summed E-state index contributed by atoms with van der Waals surface area (Å²) in [6.07, 6.45) is 0. The van der Waals surface area contributed by atoms with Gasteiger partial charge in [-0.25, -0.2) is 0 Å². The van der Waals surface area contributed by atoms with Crippen LogP contribution in [0, 0.1) is 10.1 Å². The van der Waals surface area contributed by atoms with Crippen molar-refractivity contribution in [3.8, 4) is 5.75 Å². The number of carbonyl (C=O) groups is 1. The van der Waals surface area contributed by atoms with Gasteiger partial charge < -0.3 is 9.64 Å². The quantitative estimate of drug-likeness (QED) is 0.401. The highest BCUT2D eigenvalue weighted by molar-refractivity contribution is 6.31. The van der Waals surface area contributed by atoms with Crippen LogP contribution in [0.25, 0.3) is 0 Å². The Labute approximate surface area is 173 Å². The maximum absolute atomic E-state index is 12.7. The van der Waals surface area contributed by atoms with Gasteiger partial charge in [-0.1, -0.05) is 41.9 Å². The van der Waals surface area contributed by atoms with Crippen LogP contribution in [-0.4, -0.2) is 22.8 Å². The summed E-state index contributed by atoms with van der Waals surface area (Å²) in [5.74, 6) is 0.442. The van der Waals surface area contributed by atoms with E-state index in [1.165, 1.54) is 23.1 Å². The summed E-state index contributed by atoms with van der Waals surface area (Å²) >= 11 is 6.12. The topological polar surface area (TPSA) is 72.7 Å². The summed E-state index contributed by atoms with van der Waals surface area (Å²) in [4.78, 5) is 24.6. The molecule has 0 radical (unpaired) electrons. The maximum atomic E-state index is 12.7. The van der Waals surface area contributed by atoms with Gasteiger partial charge >= 0.3 is 0 Å². The molecule has 0 spiro atoms. The SMILES string of the molecule is CN(Cc1cc([N+](=O)[O-])ccc1Cl)C(=O)c1ccc(OCc2ccccc2)cc1. The lowest BCUT2D eigenvalue weighted by molar-refractivity contribution is -0.384. The number of carbonyl (C=O) groups excluding carboxylic acids is 1. The first-order valence-corrected chi connectivity index (χ1v) is 9.27. The molecule has 3 aromatic carbocycles. The number of benzene rings is 3. The molecular weight excluding hydrogens is 392 g/mol. The lowest BCUT2D eigenvalue weighted by atomic mass is 10.1. The molecule has 0 atom stereocenters. The molecule has 0 saturated carbocycles. The second-order valence-corrected chi connectivity index (χ2v) is 6.90. The minimum absolute atomic E-state index is 0.0647. The van der Waals surface area contributed by atoms with Gasteiger partial charge in [0.2, 0.25) is 0 Å². The fraction of sp³-hybridized carbons (Fsp3) is 0.136. The van der Waals surface area contributed by atoms with E-state index in [1.807, 2.05) is 30.3 Å². The molecule has 0 aliphatic heterocycles. The smallest absolute Gasteiger partial charge is 0.269 e. The van der Waals surface area contributed by atoms with Crippen molar-refractivity contribution in [3.63, 3.8) is 0 Å². The van der Waals surface area contributed by atoms with Crippen molar-refractivity contribution in [1.82, 2.24) is 4.90 Å². The summed E-state index contributed by atoms with van der Waals surface area (Å²) in [7, 11) is 1.62. The highest BCUT2D eigenvalue weighted by atomic mass is 35.5. The fourth-order valence-corrected chi connectivity index (χ4v) is 2.96. The third-order valence-corrected chi connectivity index (χ3v) is 4.71. The van der Waals surface area contributed by atoms with Gasteiger partial charge in [-0.05, 0) is 41.5 Å². The molecule has 7 heteroatoms. The van der Waals surface area contributed by atoms with Crippen LogP contribution >= 0.6 is 11.6 Å². The van der Waals surface area contributed by atoms with Crippen LogP contribution in [0.2, 0.25) is 5.02 Å². The molecule has 0 bridgehead atoms. The number of halogens is 1. The Morgan fingerprint density at radius 3 is 2.41 bits per heavy atom. The summed E-state index contributed by atoms with van der Waals surface area (Å²) < 4.78 is 5.73. The lowest BCUT2D eigenvalue weighted by Gasteiger charge is -2.18. The summed E-state index contributed by atoms with van der Waals surface area (Å²) in [5, 5.41) is 11.3. The number of rotatable bonds is 7. The molecule has 0 aliphatic carbocycles. The Hall–Kier alpha value is -3.38. The number of nitro benzene ring substituents is 1. The first kappa shape index (κ1) is 20.4. The van der Waals surface area contributed by atoms with Crippen LogP contribution in [0.4, 0.5) is 5.69 Å². The van der Waals surface area contributed by atoms with Gasteiger partial charge in [-0.3, -0.25) is 14.9 Å². The van der Waals surface area contributed by atoms with Crippen LogP contribution in [0.3, 0.4) is 0 Å². The maximum Gasteiger partial charge on any atom is 0.269 e. The average molecular weight is 411 g/mol. The van der Waals surface area contributed by atoms with Gasteiger partial charge in [0.1, 0.15) is 12.4 Å². The minimum atomic E-state index is -0.490. The Morgan fingerprint density at radius 1 is 1.07 bits per heavy atom. The van der Waals surface area contributed by atoms with Crippen LogP contribution < -0.4 is 4.74 Å². The number of hydrogen-bond donors (Lipinski definition) is 0. The molecular formula is C22H19ClN2O4. The van der Waals surface area contributed by atoms with E-state index < -0.39 is 4.92 Å². The number of amides is 1. The Balaban J connectivity index is 1.64. The lowest BCUT2D eigenvalue weighted by Crippen LogP contribution is -2.26. The molecule has 0 unspecified atom stereocenters. The predicted molar refractivity (Wildman–Crippen MR) is 111 cm³/mol. The van der Waals surface area contributed by atoms with E-state index in [-0.39, 0.29) is 18.1 Å². The second-order valence-electron chi connectivity index (χ2n) is 6.49. The predicted octanol–water partition coefficient (Wildman–Crippen LogP) is 5.10. The van der Waals surface area contributed by atoms with E-state index >= 15 is 0 Å². The van der Waals surface area contributed by atoms with Crippen molar-refractivity contribution in [3.05, 3.63) is 105 Å². The van der Waals surface area contributed by atoms with Crippen molar-refractivity contribution in [2.24, 2.45) is 0 Å². The number of ether oxygens (including phenoxy) is 1. The van der Waals surface area contributed by atoms with Crippen molar-refractivity contribution in [2.75, 3.05) is 7.05 Å². The highest BCUT2D eigenvalue weighted by Gasteiger charge is 2.16. The highest BCUT2D eigenvalue weighted by Crippen LogP contribution is 2.24. The molecule has 1 amide bonds. The van der Waals surface area contributed by atoms with Gasteiger partial charge in [0.05, 0.1) is 4.92 Å². The molecule has 0 aliphatic rings. The van der Waals surface area contributed by atoms with E-state index in [1.54, 1.807) is 31.3 Å². The second kappa shape index (κ2) is 9.21. The van der Waals surface area contributed by atoms with E-state index in [9.17, 15) is 14.9 Å². The van der Waals surface area contributed by atoms with E-state index in [2.05, 4.69) is 0 Å². The zero-order chi connectivity index (χ0) is 20.8. The first-order valence-electron chi connectivity index (χ1n) is 8.89. The summed E-state index contributed by atoms with van der Waals surface area (Å²) in [6, 6.07) is 20.8. The molecule has 6 nitrogen and oxygen atoms in total. The average Bonchev–Trinajstić information content (AvgIpc) is 2.74. The minimum Gasteiger partial charge on any atom is -0.489 e. The monoisotopic (exact) mass is 410 g/mol. The first-order chi connectivity index (χ1) is 13.9. The van der Waals surface area contributed by atoms with Gasteiger partial charge in [0.15, 0.2) is 0 Å². The van der Waals surface area contributed by atoms with Crippen LogP contribution in [0.5, 0.6) is 5.75 Å². The van der Waals surface area contributed by atoms with E-state index in [0.29, 0.717) is 28.5 Å². The molecule has 0 fully saturated rings. The van der Waals surface area contributed by atoms with Crippen molar-refractivity contribution in [2.45, 2.75) is 13.2 Å². The van der Waals surface area contributed by atoms with Crippen LogP contribution in [0.1, 0.15) is 21.5 Å². The van der Waals surface area contributed by atoms with Gasteiger partial charge in [0.25, 0.3) is 11.6 Å². The number of hydrogen-bond acceptors (Lipinski definition) is 4. The van der Waals surface area contributed by atoms with Gasteiger partial charge in [-0.2, -0.15) is 0 Å². The molecule has 3 rings (SSSR count). The standard InChI is InChI=1S/C22H19ClN2O4/c1-24(14-18-13-19(25(27)28)9-12-21(18)23)22(26)17-7-10-20(11-8-17)29-15-16-5-3-2-4-6-16/h2-13H,14-15H2,1H3. The molecule has 0 aromatic heterocycles. The van der Waals surface area contributed by atoms with Crippen LogP contribution in [-0.2, 0) is 13.2 Å². The zero-order valence-electron chi connectivity index (χ0n) is 15.7. The molecule has 0 N–H and O–H groups in total. The summed E-state index contributed by atoms with van der Waals surface area (Å²) in [6.45, 7) is 0.602. The van der Waals surface area contributed by atoms with Crippen molar-refractivity contribution >= 4 is 23.2 Å². The summed E-state index contributed by atoms with van der Waals surface area (Å²) in [5.41, 5.74) is 1.99.